The minimum atomic E-state index is -0.916. The van der Waals surface area contributed by atoms with Crippen LogP contribution in [0.4, 0.5) is 0 Å². The van der Waals surface area contributed by atoms with Crippen LogP contribution in [0.15, 0.2) is 0 Å². The van der Waals surface area contributed by atoms with Gasteiger partial charge in [-0.3, -0.25) is 4.79 Å². The zero-order valence-corrected chi connectivity index (χ0v) is 8.75. The number of nitrogens with zero attached hydrogens (tertiary/aromatic N) is 1. The van der Waals surface area contributed by atoms with Crippen LogP contribution in [-0.2, 0) is 9.59 Å². The lowest BCUT2D eigenvalue weighted by atomic mass is 9.90. The van der Waals surface area contributed by atoms with E-state index in [2.05, 4.69) is 0 Å². The van der Waals surface area contributed by atoms with E-state index in [0.717, 1.165) is 12.8 Å². The molecule has 1 atom stereocenters. The summed E-state index contributed by atoms with van der Waals surface area (Å²) >= 11 is 0. The molecular formula is C10H17NO3. The Morgan fingerprint density at radius 3 is 2.57 bits per heavy atom. The summed E-state index contributed by atoms with van der Waals surface area (Å²) in [5.41, 5.74) is -0.916. The van der Waals surface area contributed by atoms with Gasteiger partial charge in [-0.25, -0.2) is 4.79 Å². The fourth-order valence-corrected chi connectivity index (χ4v) is 2.34. The molecule has 0 aromatic rings. The molecule has 0 saturated carbocycles. The van der Waals surface area contributed by atoms with Gasteiger partial charge in [0.1, 0.15) is 5.54 Å². The van der Waals surface area contributed by atoms with Crippen LogP contribution in [0.3, 0.4) is 0 Å². The van der Waals surface area contributed by atoms with Crippen molar-refractivity contribution in [1.82, 2.24) is 4.90 Å². The van der Waals surface area contributed by atoms with Gasteiger partial charge in [0, 0.05) is 13.5 Å². The maximum absolute atomic E-state index is 11.3. The van der Waals surface area contributed by atoms with Crippen LogP contribution in [0, 0.1) is 0 Å². The van der Waals surface area contributed by atoms with Crippen molar-refractivity contribution in [1.29, 1.82) is 0 Å². The number of amides is 1. The second-order valence-corrected chi connectivity index (χ2v) is 3.86. The van der Waals surface area contributed by atoms with Crippen molar-refractivity contribution in [3.63, 3.8) is 0 Å². The molecule has 0 radical (unpaired) electrons. The Morgan fingerprint density at radius 1 is 1.50 bits per heavy atom. The average Bonchev–Trinajstić information content (AvgIpc) is 2.50. The molecule has 0 aromatic heterocycles. The van der Waals surface area contributed by atoms with Crippen molar-refractivity contribution in [3.8, 4) is 0 Å². The lowest BCUT2D eigenvalue weighted by Crippen LogP contribution is -2.52. The fraction of sp³-hybridized carbons (Fsp3) is 0.800. The third kappa shape index (κ3) is 1.61. The number of hydrogen-bond acceptors (Lipinski definition) is 2. The Kier molecular flexibility index (Phi) is 3.13. The highest BCUT2D eigenvalue weighted by atomic mass is 16.4. The first-order valence-corrected chi connectivity index (χ1v) is 5.06. The number of likely N-dealkylation sites (tertiary alicyclic amines) is 1. The van der Waals surface area contributed by atoms with Gasteiger partial charge in [-0.05, 0) is 19.3 Å². The van der Waals surface area contributed by atoms with Crippen LogP contribution in [0.25, 0.3) is 0 Å². The van der Waals surface area contributed by atoms with Crippen LogP contribution >= 0.6 is 0 Å². The Bertz CT molecular complexity index is 252. The molecule has 1 saturated heterocycles. The minimum Gasteiger partial charge on any atom is -0.479 e. The van der Waals surface area contributed by atoms with Crippen molar-refractivity contribution in [2.45, 2.75) is 45.1 Å². The second-order valence-electron chi connectivity index (χ2n) is 3.86. The van der Waals surface area contributed by atoms with Gasteiger partial charge in [0.15, 0.2) is 0 Å². The monoisotopic (exact) mass is 199 g/mol. The average molecular weight is 199 g/mol. The molecule has 0 bridgehead atoms. The quantitative estimate of drug-likeness (QED) is 0.744. The SMILES string of the molecule is CCCC1(C(=O)O)CCCN1C(C)=O. The van der Waals surface area contributed by atoms with E-state index in [1.54, 1.807) is 0 Å². The van der Waals surface area contributed by atoms with Gasteiger partial charge in [-0.15, -0.1) is 0 Å². The summed E-state index contributed by atoms with van der Waals surface area (Å²) in [6.45, 7) is 3.97. The summed E-state index contributed by atoms with van der Waals surface area (Å²) in [4.78, 5) is 24.1. The van der Waals surface area contributed by atoms with Crippen molar-refractivity contribution in [3.05, 3.63) is 0 Å². The molecule has 4 heteroatoms. The normalized spacial score (nSPS) is 26.6. The molecule has 14 heavy (non-hydrogen) atoms. The molecule has 1 heterocycles. The molecule has 1 unspecified atom stereocenters. The molecule has 1 N–H and O–H groups in total. The third-order valence-electron chi connectivity index (χ3n) is 2.93. The molecule has 1 aliphatic rings. The van der Waals surface area contributed by atoms with Crippen molar-refractivity contribution in [2.75, 3.05) is 6.54 Å². The number of rotatable bonds is 3. The van der Waals surface area contributed by atoms with E-state index < -0.39 is 11.5 Å². The Labute approximate surface area is 83.9 Å². The lowest BCUT2D eigenvalue weighted by Gasteiger charge is -2.33. The highest BCUT2D eigenvalue weighted by molar-refractivity contribution is 5.86. The lowest BCUT2D eigenvalue weighted by molar-refractivity contribution is -0.156. The first-order valence-electron chi connectivity index (χ1n) is 5.06. The summed E-state index contributed by atoms with van der Waals surface area (Å²) in [6, 6.07) is 0. The number of carbonyl (C=O) groups excluding carboxylic acids is 1. The molecule has 4 nitrogen and oxygen atoms in total. The van der Waals surface area contributed by atoms with Gasteiger partial charge < -0.3 is 10.0 Å². The molecule has 1 aliphatic heterocycles. The number of aliphatic carboxylic acids is 1. The van der Waals surface area contributed by atoms with Crippen LogP contribution in [-0.4, -0.2) is 34.0 Å². The molecule has 1 rings (SSSR count). The summed E-state index contributed by atoms with van der Waals surface area (Å²) in [6.07, 6.45) is 2.74. The van der Waals surface area contributed by atoms with Crippen molar-refractivity contribution >= 4 is 11.9 Å². The van der Waals surface area contributed by atoms with E-state index in [9.17, 15) is 14.7 Å². The largest absolute Gasteiger partial charge is 0.479 e. The molecule has 80 valence electrons. The van der Waals surface area contributed by atoms with Crippen LogP contribution in [0.2, 0.25) is 0 Å². The van der Waals surface area contributed by atoms with Crippen molar-refractivity contribution < 1.29 is 14.7 Å². The topological polar surface area (TPSA) is 57.6 Å². The predicted octanol–water partition coefficient (Wildman–Crippen LogP) is 1.25. The van der Waals surface area contributed by atoms with Gasteiger partial charge >= 0.3 is 5.97 Å². The first kappa shape index (κ1) is 11.0. The van der Waals surface area contributed by atoms with Crippen LogP contribution < -0.4 is 0 Å². The highest BCUT2D eigenvalue weighted by Crippen LogP contribution is 2.33. The Balaban J connectivity index is 2.95. The highest BCUT2D eigenvalue weighted by Gasteiger charge is 2.47. The summed E-state index contributed by atoms with van der Waals surface area (Å²) in [5, 5.41) is 9.22. The van der Waals surface area contributed by atoms with E-state index >= 15 is 0 Å². The second kappa shape index (κ2) is 3.98. The van der Waals surface area contributed by atoms with Gasteiger partial charge in [0.25, 0.3) is 0 Å². The van der Waals surface area contributed by atoms with Gasteiger partial charge in [0.2, 0.25) is 5.91 Å². The standard InChI is InChI=1S/C10H17NO3/c1-3-5-10(9(13)14)6-4-7-11(10)8(2)12/h3-7H2,1-2H3,(H,13,14). The molecule has 0 aromatic carbocycles. The maximum atomic E-state index is 11.3. The van der Waals surface area contributed by atoms with Crippen molar-refractivity contribution in [2.24, 2.45) is 0 Å². The first-order chi connectivity index (χ1) is 6.54. The van der Waals surface area contributed by atoms with Gasteiger partial charge in [-0.2, -0.15) is 0 Å². The fourth-order valence-electron chi connectivity index (χ4n) is 2.34. The molecule has 1 fully saturated rings. The van der Waals surface area contributed by atoms with Gasteiger partial charge in [-0.1, -0.05) is 13.3 Å². The molecular weight excluding hydrogens is 182 g/mol. The number of carboxylic acid groups (broad SMARTS) is 1. The Hall–Kier alpha value is -1.06. The van der Waals surface area contributed by atoms with E-state index in [-0.39, 0.29) is 5.91 Å². The van der Waals surface area contributed by atoms with Gasteiger partial charge in [0.05, 0.1) is 0 Å². The molecule has 0 spiro atoms. The number of carbonyl (C=O) groups is 2. The van der Waals surface area contributed by atoms with Crippen LogP contribution in [0.1, 0.15) is 39.5 Å². The smallest absolute Gasteiger partial charge is 0.329 e. The predicted molar refractivity (Wildman–Crippen MR) is 51.9 cm³/mol. The van der Waals surface area contributed by atoms with E-state index in [0.29, 0.717) is 19.4 Å². The van der Waals surface area contributed by atoms with E-state index in [1.807, 2.05) is 6.92 Å². The maximum Gasteiger partial charge on any atom is 0.329 e. The third-order valence-corrected chi connectivity index (χ3v) is 2.93. The van der Waals surface area contributed by atoms with Crippen LogP contribution in [0.5, 0.6) is 0 Å². The summed E-state index contributed by atoms with van der Waals surface area (Å²) in [5.74, 6) is -0.981. The summed E-state index contributed by atoms with van der Waals surface area (Å²) in [7, 11) is 0. The molecule has 0 aliphatic carbocycles. The van der Waals surface area contributed by atoms with E-state index in [1.165, 1.54) is 11.8 Å². The zero-order chi connectivity index (χ0) is 10.8. The zero-order valence-electron chi connectivity index (χ0n) is 8.75. The number of carboxylic acids is 1. The number of hydrogen-bond donors (Lipinski definition) is 1. The minimum absolute atomic E-state index is 0.127. The molecule has 1 amide bonds. The van der Waals surface area contributed by atoms with E-state index in [4.69, 9.17) is 0 Å². The summed E-state index contributed by atoms with van der Waals surface area (Å²) < 4.78 is 0. The Morgan fingerprint density at radius 2 is 2.14 bits per heavy atom.